The summed E-state index contributed by atoms with van der Waals surface area (Å²) >= 11 is 0. The third kappa shape index (κ3) is 0.757. The third-order valence-corrected chi connectivity index (χ3v) is 4.41. The molecule has 2 aliphatic heterocycles. The summed E-state index contributed by atoms with van der Waals surface area (Å²) in [4.78, 5) is 0. The van der Waals surface area contributed by atoms with Gasteiger partial charge in [-0.05, 0) is 18.3 Å². The molecule has 14 heavy (non-hydrogen) atoms. The molecule has 2 aliphatic carbocycles. The van der Waals surface area contributed by atoms with Crippen LogP contribution in [-0.4, -0.2) is 30.2 Å². The monoisotopic (exact) mass is 194 g/mol. The Morgan fingerprint density at radius 1 is 1.14 bits per heavy atom. The molecule has 0 aromatic carbocycles. The summed E-state index contributed by atoms with van der Waals surface area (Å²) in [5, 5.41) is 10.1. The van der Waals surface area contributed by atoms with Gasteiger partial charge in [0.05, 0.1) is 12.7 Å². The van der Waals surface area contributed by atoms with Crippen LogP contribution in [0.5, 0.6) is 0 Å². The van der Waals surface area contributed by atoms with Gasteiger partial charge in [-0.2, -0.15) is 0 Å². The quantitative estimate of drug-likeness (QED) is 0.572. The molecule has 0 aromatic heterocycles. The molecule has 2 heterocycles. The Labute approximate surface area is 82.7 Å². The van der Waals surface area contributed by atoms with Crippen LogP contribution in [-0.2, 0) is 9.47 Å². The number of allylic oxidation sites excluding steroid dienone is 2. The lowest BCUT2D eigenvalue weighted by atomic mass is 9.76. The topological polar surface area (TPSA) is 38.7 Å². The molecular formula is C11H14O3. The lowest BCUT2D eigenvalue weighted by Crippen LogP contribution is -2.48. The average molecular weight is 194 g/mol. The Bertz CT molecular complexity index is 289. The van der Waals surface area contributed by atoms with Crippen molar-refractivity contribution in [2.45, 2.75) is 24.9 Å². The molecule has 0 aromatic rings. The van der Waals surface area contributed by atoms with Crippen LogP contribution in [0, 0.1) is 23.7 Å². The van der Waals surface area contributed by atoms with Gasteiger partial charge in [-0.25, -0.2) is 0 Å². The Hall–Kier alpha value is -0.380. The molecule has 3 nitrogen and oxygen atoms in total. The maximum Gasteiger partial charge on any atom is 0.162 e. The molecule has 1 N–H and O–H groups in total. The molecule has 4 rings (SSSR count). The van der Waals surface area contributed by atoms with E-state index in [0.717, 1.165) is 0 Å². The fourth-order valence-electron chi connectivity index (χ4n) is 3.83. The summed E-state index contributed by atoms with van der Waals surface area (Å²) in [5.74, 6) is 1.98. The van der Waals surface area contributed by atoms with Crippen LogP contribution in [0.3, 0.4) is 0 Å². The van der Waals surface area contributed by atoms with E-state index in [1.54, 1.807) is 0 Å². The summed E-state index contributed by atoms with van der Waals surface area (Å²) in [6, 6.07) is 0. The van der Waals surface area contributed by atoms with Gasteiger partial charge in [-0.3, -0.25) is 0 Å². The molecule has 0 unspecified atom stereocenters. The maximum atomic E-state index is 10.1. The zero-order valence-electron chi connectivity index (χ0n) is 7.87. The minimum absolute atomic E-state index is 0.0339. The number of hydrogen-bond acceptors (Lipinski definition) is 3. The van der Waals surface area contributed by atoms with Crippen molar-refractivity contribution in [1.29, 1.82) is 0 Å². The summed E-state index contributed by atoms with van der Waals surface area (Å²) in [6.45, 7) is 0.582. The number of aliphatic hydroxyl groups is 1. The molecule has 4 aliphatic rings. The van der Waals surface area contributed by atoms with E-state index in [4.69, 9.17) is 9.47 Å². The van der Waals surface area contributed by atoms with Crippen molar-refractivity contribution >= 4 is 0 Å². The van der Waals surface area contributed by atoms with Gasteiger partial charge in [0.15, 0.2) is 6.29 Å². The van der Waals surface area contributed by atoms with Crippen molar-refractivity contribution in [1.82, 2.24) is 0 Å². The Kier molecular flexibility index (Phi) is 1.35. The molecule has 0 spiro atoms. The van der Waals surface area contributed by atoms with Crippen LogP contribution >= 0.6 is 0 Å². The van der Waals surface area contributed by atoms with Gasteiger partial charge < -0.3 is 14.6 Å². The smallest absolute Gasteiger partial charge is 0.162 e. The largest absolute Gasteiger partial charge is 0.390 e. The standard InChI is InChI=1S/C11H14O3/c12-10-7-4-13-11(14-7)9-6-2-1-5(3-6)8(9)10/h1-2,5-12H,3-4H2/t5-,6+,7+,8-,9+,10+,11+/m0/s1. The van der Waals surface area contributed by atoms with Crippen LogP contribution in [0.25, 0.3) is 0 Å². The minimum atomic E-state index is -0.307. The van der Waals surface area contributed by atoms with Gasteiger partial charge in [-0.1, -0.05) is 12.2 Å². The van der Waals surface area contributed by atoms with E-state index in [9.17, 15) is 5.11 Å². The van der Waals surface area contributed by atoms with E-state index >= 15 is 0 Å². The fourth-order valence-corrected chi connectivity index (χ4v) is 3.83. The molecule has 3 heteroatoms. The SMILES string of the molecule is O[C@H]1[C@@H]2[C@H]([C@@H]3OC[C@H]1O3)[C@@H]1C=C[C@H]2C1. The Morgan fingerprint density at radius 2 is 1.93 bits per heavy atom. The molecular weight excluding hydrogens is 180 g/mol. The summed E-state index contributed by atoms with van der Waals surface area (Å²) in [6.07, 6.45) is 5.35. The van der Waals surface area contributed by atoms with Crippen LogP contribution in [0.4, 0.5) is 0 Å². The lowest BCUT2D eigenvalue weighted by Gasteiger charge is -2.39. The normalized spacial score (nSPS) is 63.4. The number of fused-ring (bicyclic) bond motifs is 8. The van der Waals surface area contributed by atoms with Gasteiger partial charge >= 0.3 is 0 Å². The van der Waals surface area contributed by atoms with Crippen molar-refractivity contribution in [3.8, 4) is 0 Å². The average Bonchev–Trinajstić information content (AvgIpc) is 2.89. The lowest BCUT2D eigenvalue weighted by molar-refractivity contribution is -0.184. The molecule has 76 valence electrons. The highest BCUT2D eigenvalue weighted by Gasteiger charge is 2.59. The second kappa shape index (κ2) is 2.40. The first-order chi connectivity index (χ1) is 6.84. The van der Waals surface area contributed by atoms with Crippen molar-refractivity contribution in [3.63, 3.8) is 0 Å². The van der Waals surface area contributed by atoms with E-state index < -0.39 is 0 Å². The molecule has 3 fully saturated rings. The minimum Gasteiger partial charge on any atom is -0.390 e. The molecule has 7 atom stereocenters. The predicted molar refractivity (Wildman–Crippen MR) is 48.3 cm³/mol. The highest BCUT2D eigenvalue weighted by molar-refractivity contribution is 5.18. The molecule has 1 saturated carbocycles. The van der Waals surface area contributed by atoms with Crippen LogP contribution < -0.4 is 0 Å². The third-order valence-electron chi connectivity index (χ3n) is 4.41. The van der Waals surface area contributed by atoms with Crippen molar-refractivity contribution in [2.75, 3.05) is 6.61 Å². The van der Waals surface area contributed by atoms with E-state index in [0.29, 0.717) is 30.3 Å². The van der Waals surface area contributed by atoms with Crippen molar-refractivity contribution in [2.24, 2.45) is 23.7 Å². The van der Waals surface area contributed by atoms with E-state index in [-0.39, 0.29) is 18.5 Å². The fraction of sp³-hybridized carbons (Fsp3) is 0.818. The second-order valence-electron chi connectivity index (χ2n) is 4.97. The molecule has 0 radical (unpaired) electrons. The summed E-state index contributed by atoms with van der Waals surface area (Å²) in [5.41, 5.74) is 0. The zero-order valence-corrected chi connectivity index (χ0v) is 7.87. The van der Waals surface area contributed by atoms with Gasteiger partial charge in [0.1, 0.15) is 6.10 Å². The van der Waals surface area contributed by atoms with Crippen LogP contribution in [0.2, 0.25) is 0 Å². The maximum absolute atomic E-state index is 10.1. The highest BCUT2D eigenvalue weighted by Crippen LogP contribution is 2.55. The van der Waals surface area contributed by atoms with Crippen LogP contribution in [0.15, 0.2) is 12.2 Å². The van der Waals surface area contributed by atoms with E-state index in [1.807, 2.05) is 0 Å². The van der Waals surface area contributed by atoms with Gasteiger partial charge in [0.2, 0.25) is 0 Å². The predicted octanol–water partition coefficient (Wildman–Crippen LogP) is 0.541. The van der Waals surface area contributed by atoms with E-state index in [1.165, 1.54) is 6.42 Å². The first-order valence-electron chi connectivity index (χ1n) is 5.48. The van der Waals surface area contributed by atoms with Crippen molar-refractivity contribution < 1.29 is 14.6 Å². The van der Waals surface area contributed by atoms with E-state index in [2.05, 4.69) is 12.2 Å². The molecule has 0 amide bonds. The van der Waals surface area contributed by atoms with Gasteiger partial charge in [0, 0.05) is 11.8 Å². The number of aliphatic hydroxyl groups excluding tert-OH is 1. The summed E-state index contributed by atoms with van der Waals surface area (Å²) in [7, 11) is 0. The Morgan fingerprint density at radius 3 is 2.79 bits per heavy atom. The van der Waals surface area contributed by atoms with Gasteiger partial charge in [0.25, 0.3) is 0 Å². The first-order valence-corrected chi connectivity index (χ1v) is 5.48. The molecule has 4 bridgehead atoms. The molecule has 2 saturated heterocycles. The van der Waals surface area contributed by atoms with Crippen LogP contribution in [0.1, 0.15) is 6.42 Å². The summed E-state index contributed by atoms with van der Waals surface area (Å²) < 4.78 is 11.3. The highest BCUT2D eigenvalue weighted by atomic mass is 16.7. The van der Waals surface area contributed by atoms with Gasteiger partial charge in [-0.15, -0.1) is 0 Å². The zero-order chi connectivity index (χ0) is 9.28. The van der Waals surface area contributed by atoms with Crippen molar-refractivity contribution in [3.05, 3.63) is 12.2 Å². The number of hydrogen-bond donors (Lipinski definition) is 1. The second-order valence-corrected chi connectivity index (χ2v) is 4.97. The number of ether oxygens (including phenoxy) is 2. The number of rotatable bonds is 0. The first kappa shape index (κ1) is 7.85. The Balaban J connectivity index is 1.78.